The van der Waals surface area contributed by atoms with Crippen molar-refractivity contribution in [2.75, 3.05) is 11.1 Å². The van der Waals surface area contributed by atoms with E-state index >= 15 is 0 Å². The van der Waals surface area contributed by atoms with Crippen LogP contribution in [0.3, 0.4) is 0 Å². The third kappa shape index (κ3) is 3.82. The molecule has 0 fully saturated rings. The molecule has 0 bridgehead atoms. The maximum atomic E-state index is 13.3. The Hall–Kier alpha value is -3.46. The smallest absolute Gasteiger partial charge is 0.265 e. The van der Waals surface area contributed by atoms with Crippen molar-refractivity contribution in [2.45, 2.75) is 38.4 Å². The summed E-state index contributed by atoms with van der Waals surface area (Å²) in [5.41, 5.74) is 4.79. The van der Waals surface area contributed by atoms with Crippen molar-refractivity contribution in [1.29, 1.82) is 0 Å². The van der Waals surface area contributed by atoms with Crippen molar-refractivity contribution >= 4 is 34.4 Å². The van der Waals surface area contributed by atoms with Crippen molar-refractivity contribution in [2.24, 2.45) is 0 Å². The zero-order valence-electron chi connectivity index (χ0n) is 18.4. The molecule has 1 aliphatic rings. The number of aromatic nitrogens is 4. The SMILES string of the molecule is Cc1cc(C)c(NC(=O)CC2CSc3nc4c(cnn4-c4ccc(F)cc4)c(=O)n32)c(C)c1. The fourth-order valence-electron chi connectivity index (χ4n) is 4.33. The van der Waals surface area contributed by atoms with E-state index in [1.807, 2.05) is 32.9 Å². The summed E-state index contributed by atoms with van der Waals surface area (Å²) in [6.45, 7) is 5.97. The van der Waals surface area contributed by atoms with Crippen LogP contribution >= 0.6 is 11.8 Å². The third-order valence-electron chi connectivity index (χ3n) is 5.80. The van der Waals surface area contributed by atoms with E-state index in [0.29, 0.717) is 27.6 Å². The van der Waals surface area contributed by atoms with Gasteiger partial charge in [-0.15, -0.1) is 0 Å². The zero-order chi connectivity index (χ0) is 23.3. The number of thioether (sulfide) groups is 1. The molecule has 1 unspecified atom stereocenters. The molecular formula is C24H22FN5O2S. The van der Waals surface area contributed by atoms with Crippen LogP contribution in [0.5, 0.6) is 0 Å². The third-order valence-corrected chi connectivity index (χ3v) is 6.90. The first-order valence-corrected chi connectivity index (χ1v) is 11.6. The van der Waals surface area contributed by atoms with E-state index < -0.39 is 0 Å². The van der Waals surface area contributed by atoms with E-state index in [-0.39, 0.29) is 29.7 Å². The minimum atomic E-state index is -0.350. The van der Waals surface area contributed by atoms with Gasteiger partial charge in [0.2, 0.25) is 5.91 Å². The molecule has 1 atom stereocenters. The standard InChI is InChI=1S/C24H22FN5O2S/c1-13-8-14(2)21(15(3)9-13)27-20(31)10-18-12-33-24-28-22-19(23(32)29(18)24)11-26-30(22)17-6-4-16(25)5-7-17/h4-9,11,18H,10,12H2,1-3H3,(H,27,31). The van der Waals surface area contributed by atoms with Crippen LogP contribution < -0.4 is 10.9 Å². The van der Waals surface area contributed by atoms with Crippen molar-refractivity contribution < 1.29 is 9.18 Å². The number of fused-ring (bicyclic) bond motifs is 2. The highest BCUT2D eigenvalue weighted by atomic mass is 32.2. The van der Waals surface area contributed by atoms with E-state index in [1.54, 1.807) is 16.7 Å². The lowest BCUT2D eigenvalue weighted by molar-refractivity contribution is -0.116. The molecular weight excluding hydrogens is 441 g/mol. The number of aryl methyl sites for hydroxylation is 3. The Bertz CT molecular complexity index is 1440. The Morgan fingerprint density at radius 1 is 1.18 bits per heavy atom. The van der Waals surface area contributed by atoms with Crippen LogP contribution in [0.25, 0.3) is 16.7 Å². The molecule has 2 aromatic carbocycles. The predicted octanol–water partition coefficient (Wildman–Crippen LogP) is 4.32. The minimum absolute atomic E-state index is 0.141. The molecule has 4 aromatic rings. The van der Waals surface area contributed by atoms with Gasteiger partial charge < -0.3 is 5.32 Å². The highest BCUT2D eigenvalue weighted by Crippen LogP contribution is 2.34. The lowest BCUT2D eigenvalue weighted by Gasteiger charge is -2.16. The Kier molecular flexibility index (Phi) is 5.28. The normalized spacial score (nSPS) is 15.1. The lowest BCUT2D eigenvalue weighted by Crippen LogP contribution is -2.28. The van der Waals surface area contributed by atoms with Crippen LogP contribution in [-0.4, -0.2) is 31.0 Å². The molecule has 2 aromatic heterocycles. The number of anilines is 1. The number of carbonyl (C=O) groups is 1. The quantitative estimate of drug-likeness (QED) is 0.456. The number of halogens is 1. The molecule has 9 heteroatoms. The molecule has 0 radical (unpaired) electrons. The maximum absolute atomic E-state index is 13.3. The predicted molar refractivity (Wildman–Crippen MR) is 127 cm³/mol. The van der Waals surface area contributed by atoms with Gasteiger partial charge in [0, 0.05) is 17.9 Å². The number of nitrogens with zero attached hydrogens (tertiary/aromatic N) is 4. The molecule has 0 saturated heterocycles. The molecule has 1 aliphatic heterocycles. The zero-order valence-corrected chi connectivity index (χ0v) is 19.2. The van der Waals surface area contributed by atoms with Crippen LogP contribution in [0.2, 0.25) is 0 Å². The number of hydrogen-bond donors (Lipinski definition) is 1. The van der Waals surface area contributed by atoms with Gasteiger partial charge in [-0.25, -0.2) is 14.1 Å². The fraction of sp³-hybridized carbons (Fsp3) is 0.250. The molecule has 0 aliphatic carbocycles. The summed E-state index contributed by atoms with van der Waals surface area (Å²) >= 11 is 1.44. The second-order valence-electron chi connectivity index (χ2n) is 8.33. The summed E-state index contributed by atoms with van der Waals surface area (Å²) in [5, 5.41) is 8.23. The molecule has 3 heterocycles. The second-order valence-corrected chi connectivity index (χ2v) is 9.32. The van der Waals surface area contributed by atoms with Crippen molar-refractivity contribution in [3.05, 3.63) is 75.5 Å². The molecule has 168 valence electrons. The summed E-state index contributed by atoms with van der Waals surface area (Å²) in [6, 6.07) is 9.62. The highest BCUT2D eigenvalue weighted by Gasteiger charge is 2.30. The van der Waals surface area contributed by atoms with Crippen LogP contribution in [0, 0.1) is 26.6 Å². The summed E-state index contributed by atoms with van der Waals surface area (Å²) < 4.78 is 16.4. The average Bonchev–Trinajstić information content (AvgIpc) is 3.36. The van der Waals surface area contributed by atoms with E-state index in [2.05, 4.69) is 15.4 Å². The number of hydrogen-bond acceptors (Lipinski definition) is 5. The molecule has 1 amide bonds. The molecule has 0 spiro atoms. The first-order chi connectivity index (χ1) is 15.8. The second kappa shape index (κ2) is 8.15. The van der Waals surface area contributed by atoms with Gasteiger partial charge in [0.05, 0.1) is 17.9 Å². The highest BCUT2D eigenvalue weighted by molar-refractivity contribution is 7.99. The fourth-order valence-corrected chi connectivity index (χ4v) is 5.46. The Morgan fingerprint density at radius 3 is 2.58 bits per heavy atom. The molecule has 7 nitrogen and oxygen atoms in total. The van der Waals surface area contributed by atoms with E-state index in [1.165, 1.54) is 34.8 Å². The van der Waals surface area contributed by atoms with Gasteiger partial charge in [0.1, 0.15) is 11.2 Å². The van der Waals surface area contributed by atoms with Crippen molar-refractivity contribution in [3.63, 3.8) is 0 Å². The Morgan fingerprint density at radius 2 is 1.88 bits per heavy atom. The van der Waals surface area contributed by atoms with Crippen LogP contribution in [0.4, 0.5) is 10.1 Å². The summed E-state index contributed by atoms with van der Waals surface area (Å²) in [6.07, 6.45) is 1.65. The topological polar surface area (TPSA) is 81.8 Å². The van der Waals surface area contributed by atoms with E-state index in [4.69, 9.17) is 0 Å². The van der Waals surface area contributed by atoms with E-state index in [9.17, 15) is 14.0 Å². The van der Waals surface area contributed by atoms with Crippen LogP contribution in [-0.2, 0) is 4.79 Å². The molecule has 1 N–H and O–H groups in total. The largest absolute Gasteiger partial charge is 0.326 e. The van der Waals surface area contributed by atoms with Gasteiger partial charge >= 0.3 is 0 Å². The Balaban J connectivity index is 1.44. The Labute approximate surface area is 193 Å². The number of nitrogens with one attached hydrogen (secondary N) is 1. The summed E-state index contributed by atoms with van der Waals surface area (Å²) in [4.78, 5) is 30.8. The summed E-state index contributed by atoms with van der Waals surface area (Å²) in [5.74, 6) is 0.0901. The molecule has 5 rings (SSSR count). The maximum Gasteiger partial charge on any atom is 0.265 e. The van der Waals surface area contributed by atoms with Crippen LogP contribution in [0.1, 0.15) is 29.2 Å². The van der Waals surface area contributed by atoms with Gasteiger partial charge in [-0.2, -0.15) is 5.10 Å². The summed E-state index contributed by atoms with van der Waals surface area (Å²) in [7, 11) is 0. The number of rotatable bonds is 4. The van der Waals surface area contributed by atoms with E-state index in [0.717, 1.165) is 22.4 Å². The van der Waals surface area contributed by atoms with Gasteiger partial charge in [0.15, 0.2) is 10.8 Å². The average molecular weight is 464 g/mol. The van der Waals surface area contributed by atoms with Gasteiger partial charge in [-0.1, -0.05) is 29.5 Å². The van der Waals surface area contributed by atoms with Crippen molar-refractivity contribution in [3.8, 4) is 5.69 Å². The minimum Gasteiger partial charge on any atom is -0.326 e. The number of carbonyl (C=O) groups excluding carboxylic acids is 1. The molecule has 0 saturated carbocycles. The monoisotopic (exact) mass is 463 g/mol. The number of amides is 1. The lowest BCUT2D eigenvalue weighted by atomic mass is 10.0. The number of benzene rings is 2. The first-order valence-electron chi connectivity index (χ1n) is 10.6. The van der Waals surface area contributed by atoms with Gasteiger partial charge in [-0.05, 0) is 56.2 Å². The first kappa shape index (κ1) is 21.4. The molecule has 33 heavy (non-hydrogen) atoms. The van der Waals surface area contributed by atoms with Crippen LogP contribution in [0.15, 0.2) is 52.5 Å². The van der Waals surface area contributed by atoms with Crippen molar-refractivity contribution in [1.82, 2.24) is 19.3 Å². The van der Waals surface area contributed by atoms with Gasteiger partial charge in [-0.3, -0.25) is 14.2 Å². The van der Waals surface area contributed by atoms with Gasteiger partial charge in [0.25, 0.3) is 5.56 Å².